The van der Waals surface area contributed by atoms with Gasteiger partial charge in [-0.15, -0.1) is 0 Å². The summed E-state index contributed by atoms with van der Waals surface area (Å²) in [6.07, 6.45) is -2.63. The lowest BCUT2D eigenvalue weighted by Crippen LogP contribution is -2.03. The molecule has 1 aromatic rings. The van der Waals surface area contributed by atoms with Gasteiger partial charge in [-0.1, -0.05) is 6.07 Å². The van der Waals surface area contributed by atoms with Gasteiger partial charge in [0.15, 0.2) is 0 Å². The van der Waals surface area contributed by atoms with Gasteiger partial charge in [0.25, 0.3) is 6.43 Å². The zero-order chi connectivity index (χ0) is 10.9. The Hall–Kier alpha value is -1.45. The van der Waals surface area contributed by atoms with Crippen LogP contribution in [0.4, 0.5) is 8.78 Å². The van der Waals surface area contributed by atoms with E-state index in [9.17, 15) is 13.6 Å². The van der Waals surface area contributed by atoms with E-state index >= 15 is 0 Å². The summed E-state index contributed by atoms with van der Waals surface area (Å²) in [4.78, 5) is 10.7. The van der Waals surface area contributed by atoms with Crippen LogP contribution in [-0.2, 0) is 0 Å². The standard InChI is InChI=1S/C10H10F2O2/c1-5-3-7(9(11)12)4-8(6(5)2)10(13)14/h3-4,9H,1-2H3,(H,13,14). The number of alkyl halides is 2. The van der Waals surface area contributed by atoms with Crippen molar-refractivity contribution < 1.29 is 18.7 Å². The zero-order valence-corrected chi connectivity index (χ0v) is 7.84. The highest BCUT2D eigenvalue weighted by Gasteiger charge is 2.15. The molecule has 0 aromatic heterocycles. The third-order valence-corrected chi connectivity index (χ3v) is 2.17. The molecule has 0 amide bonds. The number of benzene rings is 1. The summed E-state index contributed by atoms with van der Waals surface area (Å²) in [5.41, 5.74) is 0.799. The molecular formula is C10H10F2O2. The average molecular weight is 200 g/mol. The van der Waals surface area contributed by atoms with Crippen LogP contribution in [0.15, 0.2) is 12.1 Å². The fourth-order valence-corrected chi connectivity index (χ4v) is 1.24. The molecule has 76 valence electrons. The largest absolute Gasteiger partial charge is 0.478 e. The zero-order valence-electron chi connectivity index (χ0n) is 7.84. The Morgan fingerprint density at radius 3 is 2.36 bits per heavy atom. The predicted octanol–water partition coefficient (Wildman–Crippen LogP) is 2.94. The summed E-state index contributed by atoms with van der Waals surface area (Å²) in [5.74, 6) is -1.17. The minimum absolute atomic E-state index is 0.0553. The molecule has 0 saturated heterocycles. The number of carbonyl (C=O) groups is 1. The first kappa shape index (κ1) is 10.6. The molecule has 0 aliphatic rings. The smallest absolute Gasteiger partial charge is 0.335 e. The fourth-order valence-electron chi connectivity index (χ4n) is 1.24. The third kappa shape index (κ3) is 1.89. The highest BCUT2D eigenvalue weighted by molar-refractivity contribution is 5.90. The number of halogens is 2. The quantitative estimate of drug-likeness (QED) is 0.796. The Labute approximate surface area is 80.2 Å². The van der Waals surface area contributed by atoms with Gasteiger partial charge in [0, 0.05) is 5.56 Å². The number of carboxylic acid groups (broad SMARTS) is 1. The van der Waals surface area contributed by atoms with Crippen molar-refractivity contribution in [2.24, 2.45) is 0 Å². The average Bonchev–Trinajstić information content (AvgIpc) is 2.08. The van der Waals surface area contributed by atoms with Gasteiger partial charge in [-0.05, 0) is 31.0 Å². The molecule has 0 bridgehead atoms. The summed E-state index contributed by atoms with van der Waals surface area (Å²) in [6.45, 7) is 3.22. The van der Waals surface area contributed by atoms with Crippen LogP contribution < -0.4 is 0 Å². The number of aryl methyl sites for hydroxylation is 1. The summed E-state index contributed by atoms with van der Waals surface area (Å²) in [6, 6.07) is 2.34. The minimum Gasteiger partial charge on any atom is -0.478 e. The van der Waals surface area contributed by atoms with Gasteiger partial charge in [0.2, 0.25) is 0 Å². The maximum atomic E-state index is 12.3. The lowest BCUT2D eigenvalue weighted by molar-refractivity contribution is 0.0695. The Bertz CT molecular complexity index is 373. The first-order chi connectivity index (χ1) is 6.43. The first-order valence-corrected chi connectivity index (χ1v) is 4.06. The summed E-state index contributed by atoms with van der Waals surface area (Å²) >= 11 is 0. The topological polar surface area (TPSA) is 37.3 Å². The molecule has 0 saturated carbocycles. The van der Waals surface area contributed by atoms with Crippen molar-refractivity contribution in [2.75, 3.05) is 0 Å². The van der Waals surface area contributed by atoms with Gasteiger partial charge >= 0.3 is 5.97 Å². The van der Waals surface area contributed by atoms with E-state index in [1.54, 1.807) is 13.8 Å². The van der Waals surface area contributed by atoms with Crippen LogP contribution in [0.3, 0.4) is 0 Å². The molecule has 0 atom stereocenters. The molecule has 14 heavy (non-hydrogen) atoms. The van der Waals surface area contributed by atoms with Crippen molar-refractivity contribution in [2.45, 2.75) is 20.3 Å². The highest BCUT2D eigenvalue weighted by Crippen LogP contribution is 2.24. The van der Waals surface area contributed by atoms with Crippen LogP contribution >= 0.6 is 0 Å². The summed E-state index contributed by atoms with van der Waals surface area (Å²) < 4.78 is 24.7. The number of carboxylic acids is 1. The summed E-state index contributed by atoms with van der Waals surface area (Å²) in [7, 11) is 0. The maximum Gasteiger partial charge on any atom is 0.335 e. The molecule has 4 heteroatoms. The minimum atomic E-state index is -2.63. The maximum absolute atomic E-state index is 12.3. The monoisotopic (exact) mass is 200 g/mol. The summed E-state index contributed by atoms with van der Waals surface area (Å²) in [5, 5.41) is 8.75. The molecule has 0 spiro atoms. The van der Waals surface area contributed by atoms with Crippen LogP contribution in [0, 0.1) is 13.8 Å². The molecule has 1 aromatic carbocycles. The predicted molar refractivity (Wildman–Crippen MR) is 47.8 cm³/mol. The van der Waals surface area contributed by atoms with Crippen molar-refractivity contribution in [1.29, 1.82) is 0 Å². The van der Waals surface area contributed by atoms with Gasteiger partial charge in [0.05, 0.1) is 5.56 Å². The first-order valence-electron chi connectivity index (χ1n) is 4.06. The van der Waals surface area contributed by atoms with E-state index < -0.39 is 12.4 Å². The van der Waals surface area contributed by atoms with Crippen LogP contribution in [0.5, 0.6) is 0 Å². The van der Waals surface area contributed by atoms with E-state index in [0.29, 0.717) is 11.1 Å². The normalized spacial score (nSPS) is 10.6. The SMILES string of the molecule is Cc1cc(C(F)F)cc(C(=O)O)c1C. The highest BCUT2D eigenvalue weighted by atomic mass is 19.3. The second kappa shape index (κ2) is 3.74. The van der Waals surface area contributed by atoms with Crippen molar-refractivity contribution in [1.82, 2.24) is 0 Å². The Kier molecular flexibility index (Phi) is 2.84. The van der Waals surface area contributed by atoms with Gasteiger partial charge in [-0.3, -0.25) is 0 Å². The molecule has 0 aliphatic carbocycles. The van der Waals surface area contributed by atoms with Crippen LogP contribution in [0.1, 0.15) is 33.5 Å². The number of aromatic carboxylic acids is 1. The Morgan fingerprint density at radius 1 is 1.36 bits per heavy atom. The van der Waals surface area contributed by atoms with E-state index in [2.05, 4.69) is 0 Å². The van der Waals surface area contributed by atoms with E-state index in [1.807, 2.05) is 0 Å². The fraction of sp³-hybridized carbons (Fsp3) is 0.300. The number of hydrogen-bond acceptors (Lipinski definition) is 1. The van der Waals surface area contributed by atoms with E-state index in [0.717, 1.165) is 6.07 Å². The molecule has 1 rings (SSSR count). The molecule has 0 aliphatic heterocycles. The lowest BCUT2D eigenvalue weighted by Gasteiger charge is -2.08. The number of rotatable bonds is 2. The van der Waals surface area contributed by atoms with E-state index in [1.165, 1.54) is 6.07 Å². The van der Waals surface area contributed by atoms with Gasteiger partial charge < -0.3 is 5.11 Å². The van der Waals surface area contributed by atoms with Crippen LogP contribution in [0.25, 0.3) is 0 Å². The second-order valence-corrected chi connectivity index (χ2v) is 3.12. The Morgan fingerprint density at radius 2 is 1.93 bits per heavy atom. The lowest BCUT2D eigenvalue weighted by atomic mass is 10.00. The van der Waals surface area contributed by atoms with Crippen molar-refractivity contribution in [3.63, 3.8) is 0 Å². The van der Waals surface area contributed by atoms with Crippen LogP contribution in [-0.4, -0.2) is 11.1 Å². The van der Waals surface area contributed by atoms with E-state index in [-0.39, 0.29) is 11.1 Å². The molecule has 0 fully saturated rings. The van der Waals surface area contributed by atoms with Crippen molar-refractivity contribution >= 4 is 5.97 Å². The van der Waals surface area contributed by atoms with Gasteiger partial charge in [-0.2, -0.15) is 0 Å². The van der Waals surface area contributed by atoms with Gasteiger partial charge in [0.1, 0.15) is 0 Å². The number of hydrogen-bond donors (Lipinski definition) is 1. The van der Waals surface area contributed by atoms with Crippen molar-refractivity contribution in [3.8, 4) is 0 Å². The molecule has 2 nitrogen and oxygen atoms in total. The van der Waals surface area contributed by atoms with Crippen LogP contribution in [0.2, 0.25) is 0 Å². The molecule has 0 unspecified atom stereocenters. The molecule has 1 N–H and O–H groups in total. The molecule has 0 radical (unpaired) electrons. The molecular weight excluding hydrogens is 190 g/mol. The van der Waals surface area contributed by atoms with Crippen molar-refractivity contribution in [3.05, 3.63) is 34.4 Å². The second-order valence-electron chi connectivity index (χ2n) is 3.12. The van der Waals surface area contributed by atoms with E-state index in [4.69, 9.17) is 5.11 Å². The third-order valence-electron chi connectivity index (χ3n) is 2.17. The van der Waals surface area contributed by atoms with Gasteiger partial charge in [-0.25, -0.2) is 13.6 Å². The molecule has 0 heterocycles. The Balaban J connectivity index is 3.35.